The molecule has 0 amide bonds. The normalized spacial score (nSPS) is 10.6. The molecule has 2 rings (SSSR count). The van der Waals surface area contributed by atoms with Crippen molar-refractivity contribution in [1.29, 1.82) is 0 Å². The maximum Gasteiger partial charge on any atom is 0.272 e. The Balaban J connectivity index is 2.23. The van der Waals surface area contributed by atoms with Crippen molar-refractivity contribution in [3.8, 4) is 0 Å². The van der Waals surface area contributed by atoms with Gasteiger partial charge in [0.15, 0.2) is 0 Å². The molecule has 0 saturated heterocycles. The standard InChI is InChI=1S/C13H16N4O2/c1-10-12(4-3-5-13(10)17(18)19)9-16-8-11(6-14-2)7-15-16/h3-5,7-8,14H,6,9H2,1-2H3. The number of hydrogen-bond acceptors (Lipinski definition) is 4. The SMILES string of the molecule is CNCc1cnn(Cc2cccc([N+](=O)[O-])c2C)c1. The van der Waals surface area contributed by atoms with Gasteiger partial charge in [0.1, 0.15) is 0 Å². The van der Waals surface area contributed by atoms with Crippen LogP contribution in [-0.2, 0) is 13.1 Å². The van der Waals surface area contributed by atoms with Gasteiger partial charge < -0.3 is 5.32 Å². The molecule has 100 valence electrons. The Morgan fingerprint density at radius 2 is 2.26 bits per heavy atom. The van der Waals surface area contributed by atoms with Gasteiger partial charge in [-0.3, -0.25) is 14.8 Å². The van der Waals surface area contributed by atoms with Crippen LogP contribution in [-0.4, -0.2) is 21.8 Å². The molecule has 0 aliphatic rings. The van der Waals surface area contributed by atoms with Crippen LogP contribution in [0.1, 0.15) is 16.7 Å². The van der Waals surface area contributed by atoms with Crippen molar-refractivity contribution in [2.75, 3.05) is 7.05 Å². The van der Waals surface area contributed by atoms with Crippen LogP contribution in [0.5, 0.6) is 0 Å². The lowest BCUT2D eigenvalue weighted by atomic mass is 10.1. The second kappa shape index (κ2) is 5.62. The van der Waals surface area contributed by atoms with Crippen LogP contribution >= 0.6 is 0 Å². The zero-order valence-electron chi connectivity index (χ0n) is 11.0. The molecular weight excluding hydrogens is 244 g/mol. The molecule has 0 radical (unpaired) electrons. The van der Waals surface area contributed by atoms with E-state index in [4.69, 9.17) is 0 Å². The smallest absolute Gasteiger partial charge is 0.272 e. The van der Waals surface area contributed by atoms with Crippen LogP contribution in [0.3, 0.4) is 0 Å². The quantitative estimate of drug-likeness (QED) is 0.658. The first kappa shape index (κ1) is 13.2. The molecule has 1 aromatic heterocycles. The highest BCUT2D eigenvalue weighted by atomic mass is 16.6. The Labute approximate surface area is 111 Å². The zero-order valence-corrected chi connectivity index (χ0v) is 11.0. The van der Waals surface area contributed by atoms with E-state index in [1.165, 1.54) is 6.07 Å². The Morgan fingerprint density at radius 3 is 2.95 bits per heavy atom. The van der Waals surface area contributed by atoms with Crippen molar-refractivity contribution in [2.45, 2.75) is 20.0 Å². The van der Waals surface area contributed by atoms with Gasteiger partial charge in [-0.25, -0.2) is 0 Å². The lowest BCUT2D eigenvalue weighted by molar-refractivity contribution is -0.385. The molecule has 19 heavy (non-hydrogen) atoms. The molecule has 6 nitrogen and oxygen atoms in total. The van der Waals surface area contributed by atoms with E-state index in [1.54, 1.807) is 23.9 Å². The van der Waals surface area contributed by atoms with Gasteiger partial charge in [-0.05, 0) is 19.5 Å². The summed E-state index contributed by atoms with van der Waals surface area (Å²) in [5.41, 5.74) is 2.84. The molecule has 0 saturated carbocycles. The molecule has 0 fully saturated rings. The van der Waals surface area contributed by atoms with Crippen LogP contribution < -0.4 is 5.32 Å². The molecule has 6 heteroatoms. The monoisotopic (exact) mass is 260 g/mol. The van der Waals surface area contributed by atoms with Gasteiger partial charge in [0, 0.05) is 29.9 Å². The first-order valence-electron chi connectivity index (χ1n) is 6.00. The van der Waals surface area contributed by atoms with Gasteiger partial charge in [-0.2, -0.15) is 5.10 Å². The van der Waals surface area contributed by atoms with Crippen molar-refractivity contribution in [1.82, 2.24) is 15.1 Å². The lowest BCUT2D eigenvalue weighted by Gasteiger charge is -2.06. The van der Waals surface area contributed by atoms with Crippen molar-refractivity contribution >= 4 is 5.69 Å². The summed E-state index contributed by atoms with van der Waals surface area (Å²) in [6, 6.07) is 5.12. The average Bonchev–Trinajstić information content (AvgIpc) is 2.79. The maximum absolute atomic E-state index is 10.9. The summed E-state index contributed by atoms with van der Waals surface area (Å²) in [5, 5.41) is 18.2. The summed E-state index contributed by atoms with van der Waals surface area (Å²) >= 11 is 0. The topological polar surface area (TPSA) is 73.0 Å². The molecule has 1 N–H and O–H groups in total. The molecule has 1 aromatic carbocycles. The predicted molar refractivity (Wildman–Crippen MR) is 71.9 cm³/mol. The molecule has 0 spiro atoms. The van der Waals surface area contributed by atoms with Crippen LogP contribution in [0.4, 0.5) is 5.69 Å². The summed E-state index contributed by atoms with van der Waals surface area (Å²) in [5.74, 6) is 0. The first-order valence-corrected chi connectivity index (χ1v) is 6.00. The fraction of sp³-hybridized carbons (Fsp3) is 0.308. The third-order valence-electron chi connectivity index (χ3n) is 3.01. The van der Waals surface area contributed by atoms with E-state index in [9.17, 15) is 10.1 Å². The second-order valence-corrected chi connectivity index (χ2v) is 4.39. The number of nitrogens with one attached hydrogen (secondary N) is 1. The molecule has 1 heterocycles. The van der Waals surface area contributed by atoms with Gasteiger partial charge in [0.05, 0.1) is 17.7 Å². The number of benzene rings is 1. The highest BCUT2D eigenvalue weighted by molar-refractivity contribution is 5.44. The first-order chi connectivity index (χ1) is 9.11. The number of nitro groups is 1. The minimum Gasteiger partial charge on any atom is -0.316 e. The van der Waals surface area contributed by atoms with E-state index in [2.05, 4.69) is 10.4 Å². The second-order valence-electron chi connectivity index (χ2n) is 4.39. The molecule has 0 aliphatic heterocycles. The molecule has 0 unspecified atom stereocenters. The van der Waals surface area contributed by atoms with Crippen molar-refractivity contribution in [3.05, 3.63) is 57.4 Å². The largest absolute Gasteiger partial charge is 0.316 e. The van der Waals surface area contributed by atoms with E-state index in [0.29, 0.717) is 12.1 Å². The van der Waals surface area contributed by atoms with Gasteiger partial charge in [-0.1, -0.05) is 12.1 Å². The third-order valence-corrected chi connectivity index (χ3v) is 3.01. The summed E-state index contributed by atoms with van der Waals surface area (Å²) in [4.78, 5) is 10.5. The van der Waals surface area contributed by atoms with Gasteiger partial charge in [-0.15, -0.1) is 0 Å². The minimum atomic E-state index is -0.353. The van der Waals surface area contributed by atoms with Crippen LogP contribution in [0.25, 0.3) is 0 Å². The van der Waals surface area contributed by atoms with E-state index in [1.807, 2.05) is 19.3 Å². The van der Waals surface area contributed by atoms with Crippen molar-refractivity contribution < 1.29 is 4.92 Å². The Bertz CT molecular complexity index is 592. The predicted octanol–water partition coefficient (Wildman–Crippen LogP) is 1.87. The fourth-order valence-corrected chi connectivity index (χ4v) is 2.00. The summed E-state index contributed by atoms with van der Waals surface area (Å²) < 4.78 is 1.79. The molecule has 2 aromatic rings. The molecule has 0 bridgehead atoms. The van der Waals surface area contributed by atoms with E-state index in [-0.39, 0.29) is 10.6 Å². The minimum absolute atomic E-state index is 0.153. The summed E-state index contributed by atoms with van der Waals surface area (Å²) in [7, 11) is 1.88. The van der Waals surface area contributed by atoms with Gasteiger partial charge in [0.25, 0.3) is 5.69 Å². The van der Waals surface area contributed by atoms with E-state index >= 15 is 0 Å². The van der Waals surface area contributed by atoms with Crippen molar-refractivity contribution in [2.24, 2.45) is 0 Å². The van der Waals surface area contributed by atoms with Gasteiger partial charge >= 0.3 is 0 Å². The zero-order chi connectivity index (χ0) is 13.8. The van der Waals surface area contributed by atoms with Crippen molar-refractivity contribution in [3.63, 3.8) is 0 Å². The van der Waals surface area contributed by atoms with Crippen LogP contribution in [0, 0.1) is 17.0 Å². The number of hydrogen-bond donors (Lipinski definition) is 1. The number of aromatic nitrogens is 2. The lowest BCUT2D eigenvalue weighted by Crippen LogP contribution is -2.05. The van der Waals surface area contributed by atoms with Crippen LogP contribution in [0.15, 0.2) is 30.6 Å². The summed E-state index contributed by atoms with van der Waals surface area (Å²) in [6.07, 6.45) is 3.73. The Hall–Kier alpha value is -2.21. The molecule has 0 atom stereocenters. The highest BCUT2D eigenvalue weighted by Gasteiger charge is 2.13. The molecular formula is C13H16N4O2. The number of nitro benzene ring substituents is 1. The Morgan fingerprint density at radius 1 is 1.47 bits per heavy atom. The van der Waals surface area contributed by atoms with Crippen LogP contribution in [0.2, 0.25) is 0 Å². The summed E-state index contributed by atoms with van der Waals surface area (Å²) in [6.45, 7) is 3.07. The van der Waals surface area contributed by atoms with E-state index < -0.39 is 0 Å². The maximum atomic E-state index is 10.9. The molecule has 0 aliphatic carbocycles. The highest BCUT2D eigenvalue weighted by Crippen LogP contribution is 2.21. The van der Waals surface area contributed by atoms with E-state index in [0.717, 1.165) is 17.7 Å². The average molecular weight is 260 g/mol. The fourth-order valence-electron chi connectivity index (χ4n) is 2.00. The Kier molecular flexibility index (Phi) is 3.91. The third kappa shape index (κ3) is 2.97. The number of nitrogens with zero attached hydrogens (tertiary/aromatic N) is 3. The number of rotatable bonds is 5. The van der Waals surface area contributed by atoms with Gasteiger partial charge in [0.2, 0.25) is 0 Å².